The third kappa shape index (κ3) is 3.03. The molecule has 0 aliphatic heterocycles. The number of pyridine rings is 2. The first-order valence-corrected chi connectivity index (χ1v) is 5.79. The molecule has 0 saturated heterocycles. The summed E-state index contributed by atoms with van der Waals surface area (Å²) < 4.78 is 0.994. The molecule has 0 amide bonds. The molecule has 16 heavy (non-hydrogen) atoms. The van der Waals surface area contributed by atoms with Crippen LogP contribution in [0.3, 0.4) is 0 Å². The summed E-state index contributed by atoms with van der Waals surface area (Å²) in [5.74, 6) is 0. The number of halogens is 1. The summed E-state index contributed by atoms with van der Waals surface area (Å²) in [7, 11) is 0. The lowest BCUT2D eigenvalue weighted by Gasteiger charge is -2.06. The Bertz CT molecular complexity index is 468. The van der Waals surface area contributed by atoms with Crippen molar-refractivity contribution in [2.75, 3.05) is 5.32 Å². The van der Waals surface area contributed by atoms with Crippen LogP contribution in [0.2, 0.25) is 0 Å². The van der Waals surface area contributed by atoms with Gasteiger partial charge in [0.15, 0.2) is 0 Å². The molecule has 2 rings (SSSR count). The fourth-order valence-corrected chi connectivity index (χ4v) is 1.74. The van der Waals surface area contributed by atoms with Gasteiger partial charge in [0, 0.05) is 29.1 Å². The summed E-state index contributed by atoms with van der Waals surface area (Å²) in [5, 5.41) is 3.29. The third-order valence-corrected chi connectivity index (χ3v) is 2.60. The Morgan fingerprint density at radius 2 is 2.12 bits per heavy atom. The van der Waals surface area contributed by atoms with E-state index in [0.717, 1.165) is 28.0 Å². The Labute approximate surface area is 103 Å². The third-order valence-electron chi connectivity index (χ3n) is 2.17. The van der Waals surface area contributed by atoms with E-state index in [1.165, 1.54) is 0 Å². The minimum absolute atomic E-state index is 0.747. The largest absolute Gasteiger partial charge is 0.380 e. The summed E-state index contributed by atoms with van der Waals surface area (Å²) in [6, 6.07) is 6.05. The van der Waals surface area contributed by atoms with E-state index in [9.17, 15) is 0 Å². The lowest BCUT2D eigenvalue weighted by Crippen LogP contribution is -2.00. The van der Waals surface area contributed by atoms with Crippen LogP contribution in [0.25, 0.3) is 0 Å². The fraction of sp³-hybridized carbons (Fsp3) is 0.167. The highest BCUT2D eigenvalue weighted by Gasteiger charge is 1.96. The van der Waals surface area contributed by atoms with Gasteiger partial charge in [0.2, 0.25) is 0 Å². The molecule has 0 atom stereocenters. The van der Waals surface area contributed by atoms with Crippen LogP contribution in [-0.2, 0) is 6.54 Å². The van der Waals surface area contributed by atoms with Gasteiger partial charge in [-0.3, -0.25) is 9.97 Å². The van der Waals surface area contributed by atoms with Gasteiger partial charge in [-0.15, -0.1) is 0 Å². The van der Waals surface area contributed by atoms with Crippen molar-refractivity contribution in [2.45, 2.75) is 13.5 Å². The minimum Gasteiger partial charge on any atom is -0.380 e. The van der Waals surface area contributed by atoms with Crippen molar-refractivity contribution in [1.82, 2.24) is 9.97 Å². The van der Waals surface area contributed by atoms with Gasteiger partial charge in [0.25, 0.3) is 0 Å². The first kappa shape index (κ1) is 11.1. The average Bonchev–Trinajstić information content (AvgIpc) is 2.28. The monoisotopic (exact) mass is 277 g/mol. The highest BCUT2D eigenvalue weighted by atomic mass is 79.9. The molecule has 0 bridgehead atoms. The zero-order valence-electron chi connectivity index (χ0n) is 8.94. The second kappa shape index (κ2) is 5.07. The van der Waals surface area contributed by atoms with E-state index in [4.69, 9.17) is 0 Å². The van der Waals surface area contributed by atoms with Gasteiger partial charge in [0.05, 0.1) is 11.9 Å². The molecule has 0 radical (unpaired) electrons. The summed E-state index contributed by atoms with van der Waals surface area (Å²) in [6.45, 7) is 2.72. The summed E-state index contributed by atoms with van der Waals surface area (Å²) >= 11 is 3.40. The lowest BCUT2D eigenvalue weighted by molar-refractivity contribution is 1.09. The molecule has 4 heteroatoms. The van der Waals surface area contributed by atoms with Crippen molar-refractivity contribution in [1.29, 1.82) is 0 Å². The molecule has 0 aliphatic carbocycles. The molecule has 0 aliphatic rings. The van der Waals surface area contributed by atoms with Crippen LogP contribution < -0.4 is 5.32 Å². The smallest absolute Gasteiger partial charge is 0.0529 e. The van der Waals surface area contributed by atoms with Crippen molar-refractivity contribution < 1.29 is 0 Å². The number of rotatable bonds is 3. The number of nitrogens with zero attached hydrogens (tertiary/aromatic N) is 2. The molecule has 3 nitrogen and oxygen atoms in total. The molecular weight excluding hydrogens is 266 g/mol. The van der Waals surface area contributed by atoms with Crippen LogP contribution in [0.4, 0.5) is 5.69 Å². The topological polar surface area (TPSA) is 37.8 Å². The number of hydrogen-bond acceptors (Lipinski definition) is 3. The summed E-state index contributed by atoms with van der Waals surface area (Å²) in [4.78, 5) is 8.33. The highest BCUT2D eigenvalue weighted by Crippen LogP contribution is 2.12. The van der Waals surface area contributed by atoms with Gasteiger partial charge in [0.1, 0.15) is 0 Å². The zero-order valence-corrected chi connectivity index (χ0v) is 10.5. The van der Waals surface area contributed by atoms with Crippen LogP contribution >= 0.6 is 15.9 Å². The Hall–Kier alpha value is -1.42. The zero-order chi connectivity index (χ0) is 11.4. The van der Waals surface area contributed by atoms with E-state index in [2.05, 4.69) is 31.2 Å². The predicted molar refractivity (Wildman–Crippen MR) is 68.2 cm³/mol. The number of hydrogen-bond donors (Lipinski definition) is 1. The molecule has 0 spiro atoms. The Kier molecular flexibility index (Phi) is 3.51. The Morgan fingerprint density at radius 3 is 2.81 bits per heavy atom. The molecule has 1 N–H and O–H groups in total. The Balaban J connectivity index is 1.99. The molecule has 2 heterocycles. The van der Waals surface area contributed by atoms with Gasteiger partial charge >= 0.3 is 0 Å². The average molecular weight is 278 g/mol. The maximum Gasteiger partial charge on any atom is 0.0529 e. The predicted octanol–water partition coefficient (Wildman–Crippen LogP) is 3.16. The number of anilines is 1. The molecule has 82 valence electrons. The first-order valence-electron chi connectivity index (χ1n) is 5.00. The highest BCUT2D eigenvalue weighted by molar-refractivity contribution is 9.10. The van der Waals surface area contributed by atoms with Gasteiger partial charge in [-0.25, -0.2) is 0 Å². The number of aromatic nitrogens is 2. The SMILES string of the molecule is Cc1ccc(NCc2cncc(Br)c2)cn1. The van der Waals surface area contributed by atoms with Crippen molar-refractivity contribution >= 4 is 21.6 Å². The van der Waals surface area contributed by atoms with E-state index >= 15 is 0 Å². The number of nitrogens with one attached hydrogen (secondary N) is 1. The Morgan fingerprint density at radius 1 is 1.25 bits per heavy atom. The van der Waals surface area contributed by atoms with Crippen molar-refractivity contribution in [3.63, 3.8) is 0 Å². The van der Waals surface area contributed by atoms with Gasteiger partial charge in [-0.1, -0.05) is 0 Å². The van der Waals surface area contributed by atoms with Crippen LogP contribution in [0.1, 0.15) is 11.3 Å². The van der Waals surface area contributed by atoms with Crippen LogP contribution in [0.5, 0.6) is 0 Å². The van der Waals surface area contributed by atoms with Crippen molar-refractivity contribution in [3.8, 4) is 0 Å². The molecule has 0 unspecified atom stereocenters. The van der Waals surface area contributed by atoms with Gasteiger partial charge in [-0.05, 0) is 46.6 Å². The maximum absolute atomic E-state index is 4.22. The molecule has 0 saturated carbocycles. The normalized spacial score (nSPS) is 10.1. The summed E-state index contributed by atoms with van der Waals surface area (Å²) in [6.07, 6.45) is 5.46. The summed E-state index contributed by atoms with van der Waals surface area (Å²) in [5.41, 5.74) is 3.18. The standard InChI is InChI=1S/C12H12BrN3/c1-9-2-3-12(8-15-9)16-6-10-4-11(13)7-14-5-10/h2-5,7-8,16H,6H2,1H3. The molecule has 2 aromatic rings. The number of aryl methyl sites for hydroxylation is 1. The van der Waals surface area contributed by atoms with E-state index in [1.54, 1.807) is 6.20 Å². The van der Waals surface area contributed by atoms with Crippen LogP contribution in [-0.4, -0.2) is 9.97 Å². The van der Waals surface area contributed by atoms with Crippen LogP contribution in [0, 0.1) is 6.92 Å². The molecular formula is C12H12BrN3. The van der Waals surface area contributed by atoms with Gasteiger partial charge < -0.3 is 5.32 Å². The molecule has 2 aromatic heterocycles. The van der Waals surface area contributed by atoms with E-state index < -0.39 is 0 Å². The van der Waals surface area contributed by atoms with Crippen molar-refractivity contribution in [2.24, 2.45) is 0 Å². The van der Waals surface area contributed by atoms with E-state index in [1.807, 2.05) is 37.5 Å². The lowest BCUT2D eigenvalue weighted by atomic mass is 10.3. The fourth-order valence-electron chi connectivity index (χ4n) is 1.33. The second-order valence-electron chi connectivity index (χ2n) is 3.55. The van der Waals surface area contributed by atoms with E-state index in [0.29, 0.717) is 0 Å². The quantitative estimate of drug-likeness (QED) is 0.937. The molecule has 0 aromatic carbocycles. The van der Waals surface area contributed by atoms with E-state index in [-0.39, 0.29) is 0 Å². The van der Waals surface area contributed by atoms with Crippen molar-refractivity contribution in [3.05, 3.63) is 52.5 Å². The minimum atomic E-state index is 0.747. The van der Waals surface area contributed by atoms with Gasteiger partial charge in [-0.2, -0.15) is 0 Å². The van der Waals surface area contributed by atoms with Crippen LogP contribution in [0.15, 0.2) is 41.3 Å². The maximum atomic E-state index is 4.22. The molecule has 0 fully saturated rings. The first-order chi connectivity index (χ1) is 7.74. The second-order valence-corrected chi connectivity index (χ2v) is 4.47.